The molecule has 0 saturated heterocycles. The predicted molar refractivity (Wildman–Crippen MR) is 98.2 cm³/mol. The van der Waals surface area contributed by atoms with Gasteiger partial charge in [0, 0.05) is 22.3 Å². The van der Waals surface area contributed by atoms with Crippen LogP contribution in [0.25, 0.3) is 0 Å². The molecule has 0 saturated carbocycles. The lowest BCUT2D eigenvalue weighted by atomic mass is 10.2. The van der Waals surface area contributed by atoms with Crippen LogP contribution in [0.15, 0.2) is 53.0 Å². The number of halogens is 1. The Bertz CT molecular complexity index is 719. The van der Waals surface area contributed by atoms with Crippen molar-refractivity contribution in [2.75, 3.05) is 17.2 Å². The second kappa shape index (κ2) is 9.08. The Morgan fingerprint density at radius 1 is 1.00 bits per heavy atom. The van der Waals surface area contributed by atoms with Crippen LogP contribution in [0.1, 0.15) is 19.8 Å². The van der Waals surface area contributed by atoms with Crippen LogP contribution in [0, 0.1) is 0 Å². The van der Waals surface area contributed by atoms with Gasteiger partial charge < -0.3 is 15.4 Å². The SMILES string of the molecule is CCC(=O)Nc1cccc(NC(=O)CCOc2cccc(Br)c2)c1. The van der Waals surface area contributed by atoms with Crippen LogP contribution < -0.4 is 15.4 Å². The Morgan fingerprint density at radius 3 is 2.33 bits per heavy atom. The van der Waals surface area contributed by atoms with Gasteiger partial charge in [0.15, 0.2) is 0 Å². The van der Waals surface area contributed by atoms with Crippen LogP contribution >= 0.6 is 15.9 Å². The number of amides is 2. The highest BCUT2D eigenvalue weighted by Gasteiger charge is 2.05. The number of carbonyl (C=O) groups is 2. The van der Waals surface area contributed by atoms with E-state index in [1.54, 1.807) is 31.2 Å². The molecule has 6 heteroatoms. The Hall–Kier alpha value is -2.34. The van der Waals surface area contributed by atoms with E-state index < -0.39 is 0 Å². The highest BCUT2D eigenvalue weighted by atomic mass is 79.9. The van der Waals surface area contributed by atoms with Crippen molar-refractivity contribution < 1.29 is 14.3 Å². The van der Waals surface area contributed by atoms with Gasteiger partial charge in [-0.25, -0.2) is 0 Å². The molecule has 126 valence electrons. The van der Waals surface area contributed by atoms with Crippen molar-refractivity contribution in [2.45, 2.75) is 19.8 Å². The second-order valence-corrected chi connectivity index (χ2v) is 6.00. The van der Waals surface area contributed by atoms with Gasteiger partial charge in [0.1, 0.15) is 5.75 Å². The van der Waals surface area contributed by atoms with Crippen molar-refractivity contribution in [3.05, 3.63) is 53.0 Å². The molecule has 0 atom stereocenters. The fourth-order valence-corrected chi connectivity index (χ4v) is 2.34. The summed E-state index contributed by atoms with van der Waals surface area (Å²) in [6.45, 7) is 2.07. The number of carbonyl (C=O) groups excluding carboxylic acids is 2. The van der Waals surface area contributed by atoms with Crippen molar-refractivity contribution in [2.24, 2.45) is 0 Å². The first-order valence-corrected chi connectivity index (χ1v) is 8.44. The van der Waals surface area contributed by atoms with Gasteiger partial charge in [-0.2, -0.15) is 0 Å². The maximum Gasteiger partial charge on any atom is 0.227 e. The lowest BCUT2D eigenvalue weighted by Gasteiger charge is -2.09. The van der Waals surface area contributed by atoms with Gasteiger partial charge in [-0.1, -0.05) is 35.0 Å². The van der Waals surface area contributed by atoms with Gasteiger partial charge in [-0.05, 0) is 36.4 Å². The van der Waals surface area contributed by atoms with Crippen molar-refractivity contribution in [1.82, 2.24) is 0 Å². The number of hydrogen-bond acceptors (Lipinski definition) is 3. The lowest BCUT2D eigenvalue weighted by Crippen LogP contribution is -2.15. The van der Waals surface area contributed by atoms with Crippen molar-refractivity contribution in [3.8, 4) is 5.75 Å². The van der Waals surface area contributed by atoms with Crippen molar-refractivity contribution in [1.29, 1.82) is 0 Å². The zero-order valence-corrected chi connectivity index (χ0v) is 14.9. The number of nitrogens with one attached hydrogen (secondary N) is 2. The van der Waals surface area contributed by atoms with Crippen LogP contribution in [-0.2, 0) is 9.59 Å². The highest BCUT2D eigenvalue weighted by Crippen LogP contribution is 2.18. The van der Waals surface area contributed by atoms with E-state index in [1.165, 1.54) is 0 Å². The molecule has 0 aliphatic rings. The molecule has 2 rings (SSSR count). The quantitative estimate of drug-likeness (QED) is 0.743. The molecule has 0 radical (unpaired) electrons. The van der Waals surface area contributed by atoms with Gasteiger partial charge in [0.2, 0.25) is 11.8 Å². The Morgan fingerprint density at radius 2 is 1.67 bits per heavy atom. The fourth-order valence-electron chi connectivity index (χ4n) is 1.97. The van der Waals surface area contributed by atoms with Crippen LogP contribution in [-0.4, -0.2) is 18.4 Å². The minimum atomic E-state index is -0.149. The summed E-state index contributed by atoms with van der Waals surface area (Å²) in [4.78, 5) is 23.4. The second-order valence-electron chi connectivity index (χ2n) is 5.09. The summed E-state index contributed by atoms with van der Waals surface area (Å²) in [6.07, 6.45) is 0.640. The fraction of sp³-hybridized carbons (Fsp3) is 0.222. The molecule has 2 amide bonds. The summed E-state index contributed by atoms with van der Waals surface area (Å²) >= 11 is 3.37. The number of anilines is 2. The van der Waals surface area contributed by atoms with Crippen LogP contribution in [0.5, 0.6) is 5.75 Å². The average molecular weight is 391 g/mol. The lowest BCUT2D eigenvalue weighted by molar-refractivity contribution is -0.117. The molecule has 2 aromatic carbocycles. The predicted octanol–water partition coefficient (Wildman–Crippen LogP) is 4.21. The Labute approximate surface area is 149 Å². The number of ether oxygens (including phenoxy) is 1. The van der Waals surface area contributed by atoms with Gasteiger partial charge in [-0.3, -0.25) is 9.59 Å². The average Bonchev–Trinajstić information content (AvgIpc) is 2.55. The summed E-state index contributed by atoms with van der Waals surface area (Å²) < 4.78 is 6.46. The minimum absolute atomic E-state index is 0.0686. The first-order valence-electron chi connectivity index (χ1n) is 7.65. The molecule has 5 nitrogen and oxygen atoms in total. The summed E-state index contributed by atoms with van der Waals surface area (Å²) in [5.41, 5.74) is 1.29. The number of benzene rings is 2. The zero-order valence-electron chi connectivity index (χ0n) is 13.3. The molecule has 0 spiro atoms. The maximum absolute atomic E-state index is 12.0. The van der Waals surface area contributed by atoms with Crippen LogP contribution in [0.3, 0.4) is 0 Å². The molecular weight excluding hydrogens is 372 g/mol. The van der Waals surface area contributed by atoms with E-state index >= 15 is 0 Å². The highest BCUT2D eigenvalue weighted by molar-refractivity contribution is 9.10. The summed E-state index contributed by atoms with van der Waals surface area (Å²) in [5.74, 6) is 0.492. The van der Waals surface area contributed by atoms with E-state index in [9.17, 15) is 9.59 Å². The zero-order chi connectivity index (χ0) is 17.4. The third-order valence-electron chi connectivity index (χ3n) is 3.15. The standard InChI is InChI=1S/C18H19BrN2O3/c1-2-17(22)20-14-6-4-7-15(12-14)21-18(23)9-10-24-16-8-3-5-13(19)11-16/h3-8,11-12H,2,9-10H2,1H3,(H,20,22)(H,21,23). The maximum atomic E-state index is 12.0. The molecule has 0 unspecified atom stereocenters. The molecule has 0 heterocycles. The van der Waals surface area contributed by atoms with E-state index in [0.29, 0.717) is 23.5 Å². The minimum Gasteiger partial charge on any atom is -0.493 e. The molecule has 0 aliphatic carbocycles. The van der Waals surface area contributed by atoms with E-state index in [-0.39, 0.29) is 24.8 Å². The van der Waals surface area contributed by atoms with Gasteiger partial charge in [0.05, 0.1) is 13.0 Å². The molecule has 2 N–H and O–H groups in total. The molecule has 0 fully saturated rings. The Balaban J connectivity index is 1.81. The molecule has 0 aliphatic heterocycles. The number of hydrogen-bond donors (Lipinski definition) is 2. The first kappa shape index (κ1) is 18.0. The van der Waals surface area contributed by atoms with E-state index in [1.807, 2.05) is 24.3 Å². The smallest absolute Gasteiger partial charge is 0.227 e. The largest absolute Gasteiger partial charge is 0.493 e. The third kappa shape index (κ3) is 6.04. The molecule has 0 aromatic heterocycles. The van der Waals surface area contributed by atoms with Gasteiger partial charge in [0.25, 0.3) is 0 Å². The third-order valence-corrected chi connectivity index (χ3v) is 3.64. The summed E-state index contributed by atoms with van der Waals surface area (Å²) in [7, 11) is 0. The summed E-state index contributed by atoms with van der Waals surface area (Å²) in [5, 5.41) is 5.55. The van der Waals surface area contributed by atoms with Crippen molar-refractivity contribution >= 4 is 39.1 Å². The van der Waals surface area contributed by atoms with Crippen LogP contribution in [0.2, 0.25) is 0 Å². The topological polar surface area (TPSA) is 67.4 Å². The molecular formula is C18H19BrN2O3. The van der Waals surface area contributed by atoms with E-state index in [2.05, 4.69) is 26.6 Å². The molecule has 2 aromatic rings. The van der Waals surface area contributed by atoms with E-state index in [0.717, 1.165) is 4.47 Å². The summed E-state index contributed by atoms with van der Waals surface area (Å²) in [6, 6.07) is 14.5. The molecule has 24 heavy (non-hydrogen) atoms. The molecule has 0 bridgehead atoms. The van der Waals surface area contributed by atoms with Gasteiger partial charge >= 0.3 is 0 Å². The number of rotatable bonds is 7. The van der Waals surface area contributed by atoms with Crippen molar-refractivity contribution in [3.63, 3.8) is 0 Å². The van der Waals surface area contributed by atoms with Crippen LogP contribution in [0.4, 0.5) is 11.4 Å². The normalized spacial score (nSPS) is 10.1. The van der Waals surface area contributed by atoms with Gasteiger partial charge in [-0.15, -0.1) is 0 Å². The Kier molecular flexibility index (Phi) is 6.81. The first-order chi connectivity index (χ1) is 11.6. The monoisotopic (exact) mass is 390 g/mol. The van der Waals surface area contributed by atoms with E-state index in [4.69, 9.17) is 4.74 Å².